The first-order valence-electron chi connectivity index (χ1n) is 6.77. The fraction of sp³-hybridized carbons (Fsp3) is 0.294. The van der Waals surface area contributed by atoms with E-state index in [2.05, 4.69) is 36.1 Å². The molecule has 0 amide bonds. The first-order valence-corrected chi connectivity index (χ1v) is 6.77. The van der Waals surface area contributed by atoms with Crippen LogP contribution in [0.4, 0.5) is 5.69 Å². The molecule has 0 aromatic heterocycles. The average molecular weight is 278 g/mol. The number of benzene rings is 1. The van der Waals surface area contributed by atoms with Gasteiger partial charge in [-0.1, -0.05) is 17.7 Å². The topological polar surface area (TPSA) is 54.1 Å². The summed E-state index contributed by atoms with van der Waals surface area (Å²) >= 11 is 0. The van der Waals surface area contributed by atoms with Crippen molar-refractivity contribution in [2.45, 2.75) is 6.92 Å². The molecule has 1 aromatic rings. The molecule has 21 heavy (non-hydrogen) atoms. The molecule has 0 atom stereocenters. The van der Waals surface area contributed by atoms with E-state index in [1.165, 1.54) is 5.56 Å². The zero-order chi connectivity index (χ0) is 15.4. The van der Waals surface area contributed by atoms with Gasteiger partial charge in [-0.15, -0.1) is 0 Å². The van der Waals surface area contributed by atoms with Crippen molar-refractivity contribution in [2.75, 3.05) is 32.1 Å². The van der Waals surface area contributed by atoms with Crippen LogP contribution in [0.1, 0.15) is 5.56 Å². The summed E-state index contributed by atoms with van der Waals surface area (Å²) in [6.07, 6.45) is 1.98. The molecule has 0 aliphatic carbocycles. The highest BCUT2D eigenvalue weighted by Gasteiger charge is 2.25. The summed E-state index contributed by atoms with van der Waals surface area (Å²) in [4.78, 5) is 4.12. The van der Waals surface area contributed by atoms with Crippen molar-refractivity contribution in [3.63, 3.8) is 0 Å². The third kappa shape index (κ3) is 3.24. The number of aryl methyl sites for hydroxylation is 1. The standard InChI is InChI=1S/C17H18N4/c1-13-4-6-16(7-5-13)21-11-15(10-20(2)3)17(12-21)14(8-18)9-19/h4-7,10H,11-12H2,1-3H3/b15-10-. The Morgan fingerprint density at radius 3 is 2.29 bits per heavy atom. The van der Waals surface area contributed by atoms with Crippen LogP contribution in [0.2, 0.25) is 0 Å². The van der Waals surface area contributed by atoms with Crippen molar-refractivity contribution >= 4 is 5.69 Å². The lowest BCUT2D eigenvalue weighted by Crippen LogP contribution is -2.18. The van der Waals surface area contributed by atoms with Crippen molar-refractivity contribution in [3.05, 3.63) is 52.7 Å². The third-order valence-corrected chi connectivity index (χ3v) is 3.44. The van der Waals surface area contributed by atoms with Crippen LogP contribution in [0, 0.1) is 29.6 Å². The average Bonchev–Trinajstić information content (AvgIpc) is 2.84. The Morgan fingerprint density at radius 1 is 1.14 bits per heavy atom. The van der Waals surface area contributed by atoms with Crippen LogP contribution in [0.3, 0.4) is 0 Å². The third-order valence-electron chi connectivity index (χ3n) is 3.44. The summed E-state index contributed by atoms with van der Waals surface area (Å²) in [5.74, 6) is 0. The summed E-state index contributed by atoms with van der Waals surface area (Å²) in [5.41, 5.74) is 4.38. The Bertz CT molecular complexity index is 650. The molecule has 0 spiro atoms. The van der Waals surface area contributed by atoms with Crippen LogP contribution in [0.15, 0.2) is 47.2 Å². The van der Waals surface area contributed by atoms with E-state index in [0.29, 0.717) is 13.1 Å². The number of nitrogens with zero attached hydrogens (tertiary/aromatic N) is 4. The van der Waals surface area contributed by atoms with E-state index in [0.717, 1.165) is 16.8 Å². The van der Waals surface area contributed by atoms with Crippen molar-refractivity contribution in [2.24, 2.45) is 0 Å². The van der Waals surface area contributed by atoms with E-state index in [9.17, 15) is 0 Å². The molecule has 1 saturated heterocycles. The molecule has 1 aliphatic rings. The number of anilines is 1. The molecule has 0 bridgehead atoms. The quantitative estimate of drug-likeness (QED) is 0.780. The van der Waals surface area contributed by atoms with Gasteiger partial charge in [0, 0.05) is 44.6 Å². The molecular weight excluding hydrogens is 260 g/mol. The highest BCUT2D eigenvalue weighted by molar-refractivity contribution is 5.61. The van der Waals surface area contributed by atoms with E-state index in [-0.39, 0.29) is 5.57 Å². The predicted octanol–water partition coefficient (Wildman–Crippen LogP) is 2.60. The van der Waals surface area contributed by atoms with Gasteiger partial charge in [-0.3, -0.25) is 0 Å². The predicted molar refractivity (Wildman–Crippen MR) is 83.4 cm³/mol. The number of hydrogen-bond donors (Lipinski definition) is 0. The summed E-state index contributed by atoms with van der Waals surface area (Å²) in [6, 6.07) is 12.3. The second kappa shape index (κ2) is 6.15. The molecule has 1 fully saturated rings. The Hall–Kier alpha value is -2.72. The fourth-order valence-electron chi connectivity index (χ4n) is 2.42. The highest BCUT2D eigenvalue weighted by Crippen LogP contribution is 2.29. The summed E-state index contributed by atoms with van der Waals surface area (Å²) in [7, 11) is 3.88. The molecule has 4 heteroatoms. The fourth-order valence-corrected chi connectivity index (χ4v) is 2.42. The number of nitriles is 2. The van der Waals surface area contributed by atoms with Crippen LogP contribution in [0.25, 0.3) is 0 Å². The Labute approximate surface area is 125 Å². The van der Waals surface area contributed by atoms with E-state index >= 15 is 0 Å². The van der Waals surface area contributed by atoms with Gasteiger partial charge < -0.3 is 9.80 Å². The van der Waals surface area contributed by atoms with Crippen molar-refractivity contribution < 1.29 is 0 Å². The summed E-state index contributed by atoms with van der Waals surface area (Å²) in [5, 5.41) is 18.3. The maximum Gasteiger partial charge on any atom is 0.135 e. The van der Waals surface area contributed by atoms with Crippen molar-refractivity contribution in [3.8, 4) is 12.1 Å². The van der Waals surface area contributed by atoms with Gasteiger partial charge in [0.2, 0.25) is 0 Å². The lowest BCUT2D eigenvalue weighted by molar-refractivity contribution is 0.559. The van der Waals surface area contributed by atoms with Gasteiger partial charge in [-0.2, -0.15) is 10.5 Å². The summed E-state index contributed by atoms with van der Waals surface area (Å²) in [6.45, 7) is 3.36. The number of rotatable bonds is 2. The highest BCUT2D eigenvalue weighted by atomic mass is 15.2. The van der Waals surface area contributed by atoms with Crippen LogP contribution < -0.4 is 4.90 Å². The second-order valence-electron chi connectivity index (χ2n) is 5.39. The van der Waals surface area contributed by atoms with Crippen molar-refractivity contribution in [1.29, 1.82) is 10.5 Å². The molecule has 0 N–H and O–H groups in total. The zero-order valence-corrected chi connectivity index (χ0v) is 12.6. The van der Waals surface area contributed by atoms with Crippen LogP contribution in [-0.2, 0) is 0 Å². The maximum atomic E-state index is 9.14. The molecule has 1 aromatic carbocycles. The molecule has 2 rings (SSSR count). The number of allylic oxidation sites excluding steroid dienone is 1. The van der Waals surface area contributed by atoms with Crippen LogP contribution in [0.5, 0.6) is 0 Å². The van der Waals surface area contributed by atoms with Crippen molar-refractivity contribution in [1.82, 2.24) is 4.90 Å². The molecule has 0 saturated carbocycles. The normalized spacial score (nSPS) is 15.8. The van der Waals surface area contributed by atoms with Gasteiger partial charge in [0.25, 0.3) is 0 Å². The lowest BCUT2D eigenvalue weighted by Gasteiger charge is -2.17. The molecular formula is C17H18N4. The smallest absolute Gasteiger partial charge is 0.135 e. The van der Waals surface area contributed by atoms with Gasteiger partial charge in [-0.05, 0) is 24.6 Å². The number of hydrogen-bond acceptors (Lipinski definition) is 4. The lowest BCUT2D eigenvalue weighted by atomic mass is 10.1. The summed E-state index contributed by atoms with van der Waals surface area (Å²) < 4.78 is 0. The minimum Gasteiger partial charge on any atom is -0.383 e. The van der Waals surface area contributed by atoms with E-state index < -0.39 is 0 Å². The first-order chi connectivity index (χ1) is 10.0. The second-order valence-corrected chi connectivity index (χ2v) is 5.39. The molecule has 1 heterocycles. The Morgan fingerprint density at radius 2 is 1.76 bits per heavy atom. The van der Waals surface area contributed by atoms with Gasteiger partial charge >= 0.3 is 0 Å². The Balaban J connectivity index is 2.40. The molecule has 0 unspecified atom stereocenters. The molecule has 0 radical (unpaired) electrons. The first kappa shape index (κ1) is 14.7. The monoisotopic (exact) mass is 278 g/mol. The van der Waals surface area contributed by atoms with Gasteiger partial charge in [-0.25, -0.2) is 0 Å². The van der Waals surface area contributed by atoms with E-state index in [1.54, 1.807) is 0 Å². The van der Waals surface area contributed by atoms with Gasteiger partial charge in [0.05, 0.1) is 0 Å². The van der Waals surface area contributed by atoms with Gasteiger partial charge in [0.1, 0.15) is 17.7 Å². The van der Waals surface area contributed by atoms with Gasteiger partial charge in [0.15, 0.2) is 0 Å². The zero-order valence-electron chi connectivity index (χ0n) is 12.6. The van der Waals surface area contributed by atoms with E-state index in [4.69, 9.17) is 10.5 Å². The van der Waals surface area contributed by atoms with Crippen LogP contribution >= 0.6 is 0 Å². The van der Waals surface area contributed by atoms with Crippen LogP contribution in [-0.4, -0.2) is 32.1 Å². The molecule has 106 valence electrons. The van der Waals surface area contributed by atoms with E-state index in [1.807, 2.05) is 37.3 Å². The maximum absolute atomic E-state index is 9.14. The Kier molecular flexibility index (Phi) is 4.30. The minimum atomic E-state index is 0.206. The molecule has 1 aliphatic heterocycles. The molecule has 4 nitrogen and oxygen atoms in total. The largest absolute Gasteiger partial charge is 0.383 e. The minimum absolute atomic E-state index is 0.206. The SMILES string of the molecule is Cc1ccc(N2CC(=C(C#N)C#N)/C(=C\N(C)C)C2)cc1.